The largest absolute Gasteiger partial charge is 0.466 e. The molecule has 2 unspecified atom stereocenters. The summed E-state index contributed by atoms with van der Waals surface area (Å²) in [6.07, 6.45) is 68.9. The van der Waals surface area contributed by atoms with Crippen molar-refractivity contribution in [3.05, 3.63) is 24.3 Å². The summed E-state index contributed by atoms with van der Waals surface area (Å²) in [5.74, 6) is -0.0631. The molecule has 0 spiro atoms. The van der Waals surface area contributed by atoms with Crippen molar-refractivity contribution in [1.82, 2.24) is 5.32 Å². The predicted molar refractivity (Wildman–Crippen MR) is 292 cm³/mol. The normalized spacial score (nSPS) is 12.7. The van der Waals surface area contributed by atoms with E-state index >= 15 is 0 Å². The summed E-state index contributed by atoms with van der Waals surface area (Å²) >= 11 is 0. The fourth-order valence-corrected chi connectivity index (χ4v) is 9.38. The van der Waals surface area contributed by atoms with Gasteiger partial charge in [-0.15, -0.1) is 0 Å². The maximum Gasteiger partial charge on any atom is 0.305 e. The number of aliphatic hydroxyl groups is 2. The Hall–Kier alpha value is -1.66. The number of carbonyl (C=O) groups excluding carboxylic acids is 2. The third kappa shape index (κ3) is 53.5. The minimum atomic E-state index is -0.675. The Morgan fingerprint density at radius 1 is 0.418 bits per heavy atom. The Labute approximate surface area is 418 Å². The second-order valence-corrected chi connectivity index (χ2v) is 20.7. The van der Waals surface area contributed by atoms with Crippen LogP contribution in [0.25, 0.3) is 0 Å². The number of esters is 1. The van der Waals surface area contributed by atoms with Crippen LogP contribution in [-0.4, -0.2) is 47.4 Å². The van der Waals surface area contributed by atoms with Crippen LogP contribution in [0.15, 0.2) is 24.3 Å². The molecule has 0 heterocycles. The third-order valence-electron chi connectivity index (χ3n) is 14.0. The van der Waals surface area contributed by atoms with E-state index in [1.807, 2.05) is 0 Å². The summed E-state index contributed by atoms with van der Waals surface area (Å²) in [7, 11) is 0. The molecule has 0 saturated carbocycles. The molecule has 0 aliphatic carbocycles. The molecule has 6 heteroatoms. The number of unbranched alkanes of at least 4 members (excludes halogenated alkanes) is 41. The molecular weight excluding hydrogens is 827 g/mol. The van der Waals surface area contributed by atoms with Gasteiger partial charge in [0.25, 0.3) is 0 Å². The monoisotopic (exact) mass is 944 g/mol. The van der Waals surface area contributed by atoms with Gasteiger partial charge in [0, 0.05) is 12.8 Å². The first-order chi connectivity index (χ1) is 33.0. The van der Waals surface area contributed by atoms with Crippen LogP contribution in [0.1, 0.15) is 328 Å². The third-order valence-corrected chi connectivity index (χ3v) is 14.0. The van der Waals surface area contributed by atoms with E-state index in [1.165, 1.54) is 212 Å². The minimum Gasteiger partial charge on any atom is -0.466 e. The first kappa shape index (κ1) is 65.3. The van der Waals surface area contributed by atoms with E-state index < -0.39 is 12.1 Å². The van der Waals surface area contributed by atoms with Crippen molar-refractivity contribution in [3.63, 3.8) is 0 Å². The lowest BCUT2D eigenvalue weighted by molar-refractivity contribution is -0.143. The van der Waals surface area contributed by atoms with Crippen LogP contribution in [0, 0.1) is 0 Å². The van der Waals surface area contributed by atoms with E-state index in [0.29, 0.717) is 25.9 Å². The molecule has 6 nitrogen and oxygen atoms in total. The van der Waals surface area contributed by atoms with Gasteiger partial charge >= 0.3 is 5.97 Å². The molecule has 0 saturated heterocycles. The molecule has 0 aliphatic heterocycles. The van der Waals surface area contributed by atoms with Crippen LogP contribution < -0.4 is 5.32 Å². The number of hydrogen-bond acceptors (Lipinski definition) is 5. The Bertz CT molecular complexity index is 1040. The molecule has 67 heavy (non-hydrogen) atoms. The molecule has 0 fully saturated rings. The molecule has 0 aromatic rings. The van der Waals surface area contributed by atoms with Crippen LogP contribution in [-0.2, 0) is 14.3 Å². The number of aliphatic hydroxyl groups excluding tert-OH is 2. The smallest absolute Gasteiger partial charge is 0.305 e. The summed E-state index contributed by atoms with van der Waals surface area (Å²) in [4.78, 5) is 24.5. The van der Waals surface area contributed by atoms with Crippen LogP contribution >= 0.6 is 0 Å². The van der Waals surface area contributed by atoms with Gasteiger partial charge in [0.2, 0.25) is 5.91 Å². The Kier molecular flexibility index (Phi) is 55.5. The Balaban J connectivity index is 3.49. The minimum absolute atomic E-state index is 0.0152. The van der Waals surface area contributed by atoms with Gasteiger partial charge in [-0.2, -0.15) is 0 Å². The number of rotatable bonds is 56. The van der Waals surface area contributed by atoms with Crippen molar-refractivity contribution >= 4 is 11.9 Å². The molecule has 3 N–H and O–H groups in total. The Morgan fingerprint density at radius 2 is 0.746 bits per heavy atom. The van der Waals surface area contributed by atoms with E-state index in [1.54, 1.807) is 0 Å². The maximum absolute atomic E-state index is 12.5. The zero-order valence-corrected chi connectivity index (χ0v) is 45.1. The fourth-order valence-electron chi connectivity index (χ4n) is 9.38. The summed E-state index contributed by atoms with van der Waals surface area (Å²) in [5, 5.41) is 23.3. The lowest BCUT2D eigenvalue weighted by Gasteiger charge is -2.22. The van der Waals surface area contributed by atoms with Crippen molar-refractivity contribution in [2.24, 2.45) is 0 Å². The van der Waals surface area contributed by atoms with E-state index in [2.05, 4.69) is 43.5 Å². The first-order valence-corrected chi connectivity index (χ1v) is 30.1. The second-order valence-electron chi connectivity index (χ2n) is 20.7. The molecule has 2 atom stereocenters. The molecule has 0 aromatic heterocycles. The van der Waals surface area contributed by atoms with Crippen molar-refractivity contribution in [1.29, 1.82) is 0 Å². The first-order valence-electron chi connectivity index (χ1n) is 30.1. The average Bonchev–Trinajstić information content (AvgIpc) is 3.33. The van der Waals surface area contributed by atoms with Crippen molar-refractivity contribution in [2.45, 2.75) is 341 Å². The number of hydrogen-bond donors (Lipinski definition) is 3. The number of allylic oxidation sites excluding steroid dienone is 4. The van der Waals surface area contributed by atoms with Gasteiger partial charge in [-0.1, -0.05) is 276 Å². The zero-order valence-electron chi connectivity index (χ0n) is 45.1. The van der Waals surface area contributed by atoms with Crippen molar-refractivity contribution < 1.29 is 24.5 Å². The number of ether oxygens (including phenoxy) is 1. The highest BCUT2D eigenvalue weighted by Crippen LogP contribution is 2.18. The SMILES string of the molecule is CCCCCCCCCCCCCCCCCCCCCCCCC(O)C(CO)NC(=O)CCCCCCCCC/C=C\C/C=C\CCCCCOC(=O)CCCCCCCCCCCCC. The lowest BCUT2D eigenvalue weighted by Crippen LogP contribution is -2.45. The van der Waals surface area contributed by atoms with Crippen LogP contribution in [0.4, 0.5) is 0 Å². The fraction of sp³-hybridized carbons (Fsp3) is 0.902. The van der Waals surface area contributed by atoms with E-state index in [9.17, 15) is 19.8 Å². The summed E-state index contributed by atoms with van der Waals surface area (Å²) in [5.41, 5.74) is 0. The molecule has 0 rings (SSSR count). The van der Waals surface area contributed by atoms with E-state index in [4.69, 9.17) is 4.74 Å². The molecule has 1 amide bonds. The highest BCUT2D eigenvalue weighted by molar-refractivity contribution is 5.76. The molecule has 396 valence electrons. The zero-order chi connectivity index (χ0) is 48.6. The predicted octanol–water partition coefficient (Wildman–Crippen LogP) is 18.6. The molecule has 0 aromatic carbocycles. The highest BCUT2D eigenvalue weighted by atomic mass is 16.5. The van der Waals surface area contributed by atoms with Crippen molar-refractivity contribution in [3.8, 4) is 0 Å². The van der Waals surface area contributed by atoms with Crippen molar-refractivity contribution in [2.75, 3.05) is 13.2 Å². The lowest BCUT2D eigenvalue weighted by atomic mass is 10.0. The van der Waals surface area contributed by atoms with Gasteiger partial charge in [-0.05, 0) is 64.2 Å². The molecule has 0 radical (unpaired) electrons. The summed E-state index contributed by atoms with van der Waals surface area (Å²) < 4.78 is 5.44. The summed E-state index contributed by atoms with van der Waals surface area (Å²) in [6, 6.07) is -0.554. The number of carbonyl (C=O) groups is 2. The van der Waals surface area contributed by atoms with Crippen LogP contribution in [0.2, 0.25) is 0 Å². The highest BCUT2D eigenvalue weighted by Gasteiger charge is 2.20. The van der Waals surface area contributed by atoms with Gasteiger partial charge in [0.15, 0.2) is 0 Å². The molecule has 0 aliphatic rings. The average molecular weight is 945 g/mol. The second kappa shape index (κ2) is 56.9. The Morgan fingerprint density at radius 3 is 1.13 bits per heavy atom. The standard InChI is InChI=1S/C61H117NO5/c1-3-5-7-9-11-13-15-16-17-18-19-20-21-22-24-27-30-34-37-41-45-49-53-59(64)58(57-63)62-60(65)54-50-46-42-38-35-31-28-25-23-26-29-32-36-40-44-48-52-56-67-61(66)55-51-47-43-39-33-14-12-10-8-6-4-2/h23,26,32,36,58-59,63-64H,3-22,24-25,27-31,33-35,37-57H2,1-2H3,(H,62,65)/b26-23-,36-32-. The number of amides is 1. The maximum atomic E-state index is 12.5. The van der Waals surface area contributed by atoms with Gasteiger partial charge in [0.05, 0.1) is 25.4 Å². The van der Waals surface area contributed by atoms with Gasteiger partial charge in [0.1, 0.15) is 0 Å². The van der Waals surface area contributed by atoms with Crippen LogP contribution in [0.3, 0.4) is 0 Å². The topological polar surface area (TPSA) is 95.9 Å². The summed E-state index contributed by atoms with van der Waals surface area (Å²) in [6.45, 7) is 4.92. The van der Waals surface area contributed by atoms with Gasteiger partial charge in [-0.25, -0.2) is 0 Å². The number of nitrogens with one attached hydrogen (secondary N) is 1. The van der Waals surface area contributed by atoms with E-state index in [0.717, 1.165) is 83.5 Å². The molecular formula is C61H117NO5. The molecule has 0 bridgehead atoms. The van der Waals surface area contributed by atoms with E-state index in [-0.39, 0.29) is 18.5 Å². The quantitative estimate of drug-likeness (QED) is 0.0321. The van der Waals surface area contributed by atoms with Gasteiger partial charge in [-0.3, -0.25) is 9.59 Å². The van der Waals surface area contributed by atoms with Gasteiger partial charge < -0.3 is 20.3 Å². The van der Waals surface area contributed by atoms with Crippen LogP contribution in [0.5, 0.6) is 0 Å².